The number of hydrogen-bond acceptors (Lipinski definition) is 6. The molecule has 0 radical (unpaired) electrons. The summed E-state index contributed by atoms with van der Waals surface area (Å²) in [4.78, 5) is 14.1. The molecular weight excluding hydrogens is 506 g/mol. The molecule has 5 aromatic carbocycles. The van der Waals surface area contributed by atoms with Gasteiger partial charge in [0.15, 0.2) is 17.5 Å². The average Bonchev–Trinajstić information content (AvgIpc) is 3.45. The molecule has 2 heterocycles. The predicted molar refractivity (Wildman–Crippen MR) is 165 cm³/mol. The summed E-state index contributed by atoms with van der Waals surface area (Å²) in [7, 11) is 0. The fourth-order valence-electron chi connectivity index (χ4n) is 5.27. The number of furan rings is 1. The summed E-state index contributed by atoms with van der Waals surface area (Å²) in [6.45, 7) is 0. The molecule has 6 nitrogen and oxygen atoms in total. The Morgan fingerprint density at radius 2 is 1.29 bits per heavy atom. The zero-order valence-electron chi connectivity index (χ0n) is 26.3. The smallest absolute Gasteiger partial charge is 0.164 e. The van der Waals surface area contributed by atoms with E-state index in [1.165, 1.54) is 0 Å². The third kappa shape index (κ3) is 3.77. The normalized spacial score (nSPS) is 14.6. The van der Waals surface area contributed by atoms with Gasteiger partial charge in [-0.1, -0.05) is 84.8 Å². The van der Waals surface area contributed by atoms with Crippen LogP contribution in [0, 0.1) is 10.8 Å². The highest BCUT2D eigenvalue weighted by Gasteiger charge is 2.19. The van der Waals surface area contributed by atoms with Crippen molar-refractivity contribution >= 4 is 50.2 Å². The second-order valence-corrected chi connectivity index (χ2v) is 9.70. The van der Waals surface area contributed by atoms with Gasteiger partial charge in [-0.2, -0.15) is 0 Å². The molecule has 0 saturated carbocycles. The van der Waals surface area contributed by atoms with Gasteiger partial charge in [-0.15, -0.1) is 0 Å². The van der Waals surface area contributed by atoms with Gasteiger partial charge in [-0.3, -0.25) is 10.8 Å². The first-order valence-corrected chi connectivity index (χ1v) is 12.9. The van der Waals surface area contributed by atoms with Crippen LogP contribution >= 0.6 is 0 Å². The molecule has 6 heteroatoms. The molecule has 41 heavy (non-hydrogen) atoms. The lowest BCUT2D eigenvalue weighted by molar-refractivity contribution is 0.669. The van der Waals surface area contributed by atoms with E-state index in [1.54, 1.807) is 6.08 Å². The highest BCUT2D eigenvalue weighted by atomic mass is 16.3. The minimum Gasteiger partial charge on any atom is -0.456 e. The summed E-state index contributed by atoms with van der Waals surface area (Å²) < 4.78 is 47.8. The van der Waals surface area contributed by atoms with E-state index in [2.05, 4.69) is 9.97 Å². The molecule has 2 N–H and O–H groups in total. The van der Waals surface area contributed by atoms with E-state index in [1.807, 2.05) is 78.9 Å². The van der Waals surface area contributed by atoms with Crippen molar-refractivity contribution in [3.05, 3.63) is 120 Å². The Hall–Kier alpha value is -5.75. The van der Waals surface area contributed by atoms with E-state index in [0.717, 1.165) is 32.7 Å². The lowest BCUT2D eigenvalue weighted by Crippen LogP contribution is -2.16. The first-order chi connectivity index (χ1) is 22.2. The molecular formula is C35H21N5O. The Bertz CT molecular complexity index is 2510. The van der Waals surface area contributed by atoms with Crippen LogP contribution in [0.3, 0.4) is 0 Å². The number of nitrogens with one attached hydrogen (secondary N) is 2. The molecule has 0 aliphatic heterocycles. The predicted octanol–water partition coefficient (Wildman–Crippen LogP) is 8.34. The molecule has 0 atom stereocenters. The first-order valence-electron chi connectivity index (χ1n) is 15.4. The molecule has 8 rings (SSSR count). The Balaban J connectivity index is 1.36. The van der Waals surface area contributed by atoms with E-state index >= 15 is 0 Å². The number of para-hydroxylation sites is 1. The van der Waals surface area contributed by atoms with Crippen molar-refractivity contribution in [1.29, 1.82) is 10.8 Å². The lowest BCUT2D eigenvalue weighted by atomic mass is 9.89. The van der Waals surface area contributed by atoms with Gasteiger partial charge in [0.25, 0.3) is 0 Å². The maximum Gasteiger partial charge on any atom is 0.164 e. The molecule has 0 spiro atoms. The second kappa shape index (κ2) is 8.89. The number of fused-ring (bicyclic) bond motifs is 6. The van der Waals surface area contributed by atoms with Gasteiger partial charge in [0.1, 0.15) is 11.2 Å². The van der Waals surface area contributed by atoms with E-state index in [0.29, 0.717) is 22.3 Å². The molecule has 0 saturated heterocycles. The fourth-order valence-corrected chi connectivity index (χ4v) is 5.27. The Morgan fingerprint density at radius 1 is 0.610 bits per heavy atom. The van der Waals surface area contributed by atoms with Gasteiger partial charge in [-0.05, 0) is 46.7 Å². The van der Waals surface area contributed by atoms with Crippen LogP contribution in [0.1, 0.15) is 18.0 Å². The molecule has 0 unspecified atom stereocenters. The first kappa shape index (κ1) is 18.5. The van der Waals surface area contributed by atoms with Crippen LogP contribution in [0.4, 0.5) is 0 Å². The van der Waals surface area contributed by atoms with Crippen molar-refractivity contribution in [2.75, 3.05) is 0 Å². The van der Waals surface area contributed by atoms with Gasteiger partial charge in [0.05, 0.1) is 18.3 Å². The number of nitrogens with zero attached hydrogens (tertiary/aromatic N) is 3. The van der Waals surface area contributed by atoms with Gasteiger partial charge in [0.2, 0.25) is 0 Å². The molecule has 0 fully saturated rings. The van der Waals surface area contributed by atoms with Gasteiger partial charge < -0.3 is 4.42 Å². The summed E-state index contributed by atoms with van der Waals surface area (Å²) in [6, 6.07) is 20.4. The van der Waals surface area contributed by atoms with Crippen molar-refractivity contribution in [2.45, 2.75) is 0 Å². The third-order valence-corrected chi connectivity index (χ3v) is 7.26. The van der Waals surface area contributed by atoms with Crippen molar-refractivity contribution in [1.82, 2.24) is 15.0 Å². The van der Waals surface area contributed by atoms with Gasteiger partial charge in [-0.25, -0.2) is 15.0 Å². The van der Waals surface area contributed by atoms with Crippen LogP contribution in [0.25, 0.3) is 73.0 Å². The molecule has 7 aromatic rings. The molecule has 1 aliphatic rings. The van der Waals surface area contributed by atoms with Crippen LogP contribution in [-0.4, -0.2) is 26.4 Å². The monoisotopic (exact) mass is 532 g/mol. The van der Waals surface area contributed by atoms with Crippen molar-refractivity contribution in [3.8, 4) is 34.2 Å². The zero-order valence-corrected chi connectivity index (χ0v) is 21.3. The molecule has 2 aromatic heterocycles. The number of hydrogen-bond donors (Lipinski definition) is 2. The number of benzene rings is 5. The second-order valence-electron chi connectivity index (χ2n) is 9.70. The maximum absolute atomic E-state index is 8.59. The van der Waals surface area contributed by atoms with Crippen molar-refractivity contribution in [3.63, 3.8) is 0 Å². The van der Waals surface area contributed by atoms with Crippen LogP contribution in [-0.2, 0) is 0 Å². The lowest BCUT2D eigenvalue weighted by Gasteiger charge is -2.16. The summed E-state index contributed by atoms with van der Waals surface area (Å²) in [5, 5.41) is 20.1. The number of aromatic nitrogens is 3. The highest BCUT2D eigenvalue weighted by molar-refractivity contribution is 6.53. The largest absolute Gasteiger partial charge is 0.456 e. The quantitative estimate of drug-likeness (QED) is 0.239. The number of rotatable bonds is 3. The minimum absolute atomic E-state index is 0.0624. The van der Waals surface area contributed by atoms with Crippen LogP contribution in [0.2, 0.25) is 0 Å². The van der Waals surface area contributed by atoms with Crippen molar-refractivity contribution in [2.24, 2.45) is 0 Å². The van der Waals surface area contributed by atoms with E-state index in [-0.39, 0.29) is 34.5 Å². The van der Waals surface area contributed by atoms with Crippen LogP contribution in [0.15, 0.2) is 114 Å². The summed E-state index contributed by atoms with van der Waals surface area (Å²) >= 11 is 0. The third-order valence-electron chi connectivity index (χ3n) is 7.26. The highest BCUT2D eigenvalue weighted by Crippen LogP contribution is 2.34. The van der Waals surface area contributed by atoms with Crippen LogP contribution < -0.4 is 0 Å². The van der Waals surface area contributed by atoms with E-state index in [9.17, 15) is 0 Å². The standard InChI is InChI=1S/C35H21N5O/c36-28-17-14-20-10-11-22-18-23(12-15-25(22)31(20)32(28)37)34-38-33(21-6-2-1-3-7-21)39-35(40-34)24-13-16-27-26-8-4-5-9-29(26)41-30(27)19-24/h1-19,36-37H/i1D,2D,3D,6D,7D. The van der Waals surface area contributed by atoms with Gasteiger partial charge in [0, 0.05) is 33.0 Å². The summed E-state index contributed by atoms with van der Waals surface area (Å²) in [5.74, 6) is 0.409. The topological polar surface area (TPSA) is 99.5 Å². The van der Waals surface area contributed by atoms with Crippen LogP contribution in [0.5, 0.6) is 0 Å². The minimum atomic E-state index is -0.505. The number of allylic oxidation sites excluding steroid dienone is 1. The Labute approximate surface area is 241 Å². The molecule has 0 amide bonds. The zero-order chi connectivity index (χ0) is 31.9. The molecule has 0 bridgehead atoms. The Kier molecular flexibility index (Phi) is 4.02. The molecule has 192 valence electrons. The average molecular weight is 533 g/mol. The summed E-state index contributed by atoms with van der Waals surface area (Å²) in [5.41, 5.74) is 4.23. The Morgan fingerprint density at radius 3 is 2.10 bits per heavy atom. The fraction of sp³-hybridized carbons (Fsp3) is 0. The van der Waals surface area contributed by atoms with E-state index < -0.39 is 30.2 Å². The molecule has 1 aliphatic carbocycles. The van der Waals surface area contributed by atoms with Gasteiger partial charge >= 0.3 is 0 Å². The maximum atomic E-state index is 8.59. The van der Waals surface area contributed by atoms with E-state index in [4.69, 9.17) is 27.1 Å². The van der Waals surface area contributed by atoms with Crippen molar-refractivity contribution < 1.29 is 11.3 Å². The SMILES string of the molecule is [2H]c1c([2H])c([2H])c(-c2nc(-c3ccc4c5c(ccc4c3)C=CC(=N)C5=N)nc(-c3ccc4c(c3)oc3ccccc34)n2)c([2H])c1[2H]. The summed E-state index contributed by atoms with van der Waals surface area (Å²) in [6.07, 6.45) is 3.44.